The molecule has 0 aliphatic heterocycles. The van der Waals surface area contributed by atoms with Crippen molar-refractivity contribution < 1.29 is 14.6 Å². The number of hydrogen-bond donors (Lipinski definition) is 1. The van der Waals surface area contributed by atoms with Gasteiger partial charge in [-0.05, 0) is 92.2 Å². The van der Waals surface area contributed by atoms with Gasteiger partial charge in [-0.2, -0.15) is 0 Å². The van der Waals surface area contributed by atoms with Crippen LogP contribution in [0.3, 0.4) is 0 Å². The van der Waals surface area contributed by atoms with Gasteiger partial charge in [0, 0.05) is 11.6 Å². The average molecular weight is 449 g/mol. The highest BCUT2D eigenvalue weighted by Gasteiger charge is 2.26. The summed E-state index contributed by atoms with van der Waals surface area (Å²) < 4.78 is 6.43. The van der Waals surface area contributed by atoms with Crippen molar-refractivity contribution in [2.24, 2.45) is 0 Å². The third-order valence-corrected chi connectivity index (χ3v) is 6.60. The SMILES string of the molecule is CCCOc1c(CCC)cc(CCC)cc1C1=C(/C=C/C(C)=C/C(=O)O)CC2=C(CCC2)C1. The second kappa shape index (κ2) is 12.1. The van der Waals surface area contributed by atoms with Gasteiger partial charge in [-0.1, -0.05) is 63.0 Å². The van der Waals surface area contributed by atoms with E-state index in [2.05, 4.69) is 39.0 Å². The molecule has 33 heavy (non-hydrogen) atoms. The zero-order valence-corrected chi connectivity index (χ0v) is 20.9. The lowest BCUT2D eigenvalue weighted by Gasteiger charge is -2.25. The van der Waals surface area contributed by atoms with Crippen molar-refractivity contribution in [1.29, 1.82) is 0 Å². The number of aliphatic carboxylic acids is 1. The molecule has 3 nitrogen and oxygen atoms in total. The summed E-state index contributed by atoms with van der Waals surface area (Å²) in [5.74, 6) is 0.168. The molecule has 1 aromatic carbocycles. The van der Waals surface area contributed by atoms with Gasteiger partial charge in [-0.15, -0.1) is 0 Å². The van der Waals surface area contributed by atoms with Gasteiger partial charge in [-0.3, -0.25) is 0 Å². The molecular formula is C30H40O3. The van der Waals surface area contributed by atoms with E-state index in [0.717, 1.165) is 62.9 Å². The first-order chi connectivity index (χ1) is 16.0. The Balaban J connectivity index is 2.16. The highest BCUT2D eigenvalue weighted by Crippen LogP contribution is 2.46. The number of carboxylic acids is 1. The van der Waals surface area contributed by atoms with Gasteiger partial charge in [0.25, 0.3) is 0 Å². The van der Waals surface area contributed by atoms with Crippen LogP contribution in [-0.2, 0) is 17.6 Å². The second-order valence-electron chi connectivity index (χ2n) is 9.46. The monoisotopic (exact) mass is 448 g/mol. The van der Waals surface area contributed by atoms with Gasteiger partial charge < -0.3 is 9.84 Å². The quantitative estimate of drug-likeness (QED) is 0.212. The summed E-state index contributed by atoms with van der Waals surface area (Å²) in [6.07, 6.45) is 16.3. The predicted molar refractivity (Wildman–Crippen MR) is 138 cm³/mol. The van der Waals surface area contributed by atoms with Gasteiger partial charge in [0.2, 0.25) is 0 Å². The van der Waals surface area contributed by atoms with E-state index >= 15 is 0 Å². The number of hydrogen-bond acceptors (Lipinski definition) is 2. The Morgan fingerprint density at radius 3 is 2.42 bits per heavy atom. The Morgan fingerprint density at radius 1 is 1.03 bits per heavy atom. The van der Waals surface area contributed by atoms with E-state index in [4.69, 9.17) is 9.84 Å². The van der Waals surface area contributed by atoms with Crippen LogP contribution in [0.4, 0.5) is 0 Å². The maximum absolute atomic E-state index is 11.1. The molecule has 3 rings (SSSR count). The summed E-state index contributed by atoms with van der Waals surface area (Å²) >= 11 is 0. The van der Waals surface area contributed by atoms with E-state index in [1.54, 1.807) is 11.1 Å². The standard InChI is InChI=1S/C30H40O3/c1-5-9-22-17-26(10-6-2)30(33-15-7-3)28(18-22)27-20-24-12-8-11-23(24)19-25(27)14-13-21(4)16-29(31)32/h13-14,16-18H,5-12,15,19-20H2,1-4H3,(H,31,32)/b14-13+,21-16+. The first-order valence-electron chi connectivity index (χ1n) is 12.8. The van der Waals surface area contributed by atoms with E-state index in [1.807, 2.05) is 13.0 Å². The molecule has 0 amide bonds. The minimum absolute atomic E-state index is 0.726. The summed E-state index contributed by atoms with van der Waals surface area (Å²) in [6.45, 7) is 9.21. The lowest BCUT2D eigenvalue weighted by atomic mass is 9.82. The summed E-state index contributed by atoms with van der Waals surface area (Å²) in [5, 5.41) is 9.11. The number of carboxylic acid groups (broad SMARTS) is 1. The van der Waals surface area contributed by atoms with E-state index in [9.17, 15) is 4.79 Å². The van der Waals surface area contributed by atoms with Crippen LogP contribution in [0.5, 0.6) is 5.75 Å². The first kappa shape index (κ1) is 25.1. The van der Waals surface area contributed by atoms with Crippen molar-refractivity contribution in [1.82, 2.24) is 0 Å². The molecule has 0 unspecified atom stereocenters. The number of benzene rings is 1. The first-order valence-corrected chi connectivity index (χ1v) is 12.8. The highest BCUT2D eigenvalue weighted by atomic mass is 16.5. The number of carbonyl (C=O) groups is 1. The number of allylic oxidation sites excluding steroid dienone is 7. The molecule has 0 aromatic heterocycles. The Labute approximate surface area is 199 Å². The minimum atomic E-state index is -0.900. The lowest BCUT2D eigenvalue weighted by molar-refractivity contribution is -0.131. The molecule has 0 fully saturated rings. The topological polar surface area (TPSA) is 46.5 Å². The van der Waals surface area contributed by atoms with Crippen LogP contribution in [-0.4, -0.2) is 17.7 Å². The number of rotatable bonds is 11. The summed E-state index contributed by atoms with van der Waals surface area (Å²) in [5.41, 5.74) is 10.6. The van der Waals surface area contributed by atoms with Gasteiger partial charge in [-0.25, -0.2) is 4.79 Å². The van der Waals surface area contributed by atoms with Crippen molar-refractivity contribution in [2.75, 3.05) is 6.61 Å². The molecule has 0 radical (unpaired) electrons. The number of aryl methyl sites for hydroxylation is 2. The predicted octanol–water partition coefficient (Wildman–Crippen LogP) is 8.00. The van der Waals surface area contributed by atoms with Crippen LogP contribution in [0.2, 0.25) is 0 Å². The molecule has 0 bridgehead atoms. The van der Waals surface area contributed by atoms with E-state index < -0.39 is 5.97 Å². The van der Waals surface area contributed by atoms with Gasteiger partial charge >= 0.3 is 5.97 Å². The molecule has 178 valence electrons. The van der Waals surface area contributed by atoms with E-state index in [0.29, 0.717) is 0 Å². The van der Waals surface area contributed by atoms with Crippen molar-refractivity contribution in [3.05, 3.63) is 69.3 Å². The Bertz CT molecular complexity index is 988. The minimum Gasteiger partial charge on any atom is -0.493 e. The summed E-state index contributed by atoms with van der Waals surface area (Å²) in [4.78, 5) is 11.1. The molecule has 1 aromatic rings. The fourth-order valence-corrected chi connectivity index (χ4v) is 5.10. The third kappa shape index (κ3) is 6.50. The van der Waals surface area contributed by atoms with Crippen molar-refractivity contribution >= 4 is 11.5 Å². The van der Waals surface area contributed by atoms with Crippen LogP contribution >= 0.6 is 0 Å². The largest absolute Gasteiger partial charge is 0.493 e. The highest BCUT2D eigenvalue weighted by molar-refractivity contribution is 5.82. The number of ether oxygens (including phenoxy) is 1. The molecule has 2 aliphatic rings. The van der Waals surface area contributed by atoms with Crippen LogP contribution in [0.25, 0.3) is 5.57 Å². The van der Waals surface area contributed by atoms with Crippen LogP contribution in [0, 0.1) is 0 Å². The zero-order valence-electron chi connectivity index (χ0n) is 20.9. The van der Waals surface area contributed by atoms with Crippen LogP contribution in [0.1, 0.15) is 95.8 Å². The van der Waals surface area contributed by atoms with Gasteiger partial charge in [0.05, 0.1) is 6.61 Å². The van der Waals surface area contributed by atoms with Gasteiger partial charge in [0.1, 0.15) is 5.75 Å². The third-order valence-electron chi connectivity index (χ3n) is 6.60. The molecule has 0 atom stereocenters. The van der Waals surface area contributed by atoms with Crippen molar-refractivity contribution in [3.63, 3.8) is 0 Å². The molecule has 3 heteroatoms. The Hall–Kier alpha value is -2.55. The summed E-state index contributed by atoms with van der Waals surface area (Å²) in [7, 11) is 0. The molecule has 0 spiro atoms. The van der Waals surface area contributed by atoms with Crippen molar-refractivity contribution in [3.8, 4) is 5.75 Å². The molecule has 2 aliphatic carbocycles. The van der Waals surface area contributed by atoms with Gasteiger partial charge in [0.15, 0.2) is 0 Å². The zero-order chi connectivity index (χ0) is 23.8. The second-order valence-corrected chi connectivity index (χ2v) is 9.46. The molecule has 0 heterocycles. The van der Waals surface area contributed by atoms with Crippen LogP contribution < -0.4 is 4.74 Å². The van der Waals surface area contributed by atoms with Crippen LogP contribution in [0.15, 0.2) is 52.7 Å². The van der Waals surface area contributed by atoms with E-state index in [-0.39, 0.29) is 0 Å². The molecule has 0 saturated heterocycles. The Morgan fingerprint density at radius 2 is 1.76 bits per heavy atom. The van der Waals surface area contributed by atoms with E-state index in [1.165, 1.54) is 53.2 Å². The fourth-order valence-electron chi connectivity index (χ4n) is 5.10. The molecular weight excluding hydrogens is 408 g/mol. The molecule has 0 saturated carbocycles. The maximum Gasteiger partial charge on any atom is 0.328 e. The Kier molecular flexibility index (Phi) is 9.17. The summed E-state index contributed by atoms with van der Waals surface area (Å²) in [6, 6.07) is 4.73. The maximum atomic E-state index is 11.1. The van der Waals surface area contributed by atoms with Crippen molar-refractivity contribution in [2.45, 2.75) is 91.9 Å². The average Bonchev–Trinajstić information content (AvgIpc) is 3.23. The lowest BCUT2D eigenvalue weighted by Crippen LogP contribution is -2.08. The fraction of sp³-hybridized carbons (Fsp3) is 0.500. The molecule has 1 N–H and O–H groups in total. The smallest absolute Gasteiger partial charge is 0.328 e. The normalized spacial score (nSPS) is 16.7.